The van der Waals surface area contributed by atoms with E-state index in [2.05, 4.69) is 4.90 Å². The molecular weight excluding hydrogens is 435 g/mol. The van der Waals surface area contributed by atoms with E-state index in [-0.39, 0.29) is 5.78 Å². The van der Waals surface area contributed by atoms with Crippen LogP contribution in [0, 0.1) is 0 Å². The number of nitrogens with two attached hydrogens (primary N) is 1. The smallest absolute Gasteiger partial charge is 0.416 e. The minimum absolute atomic E-state index is 0.0391. The van der Waals surface area contributed by atoms with Crippen molar-refractivity contribution >= 4 is 17.2 Å². The molecule has 1 aliphatic rings. The summed E-state index contributed by atoms with van der Waals surface area (Å²) in [6.45, 7) is 3.72. The number of nitrogens with zero attached hydrogens (tertiary/aromatic N) is 2. The molecule has 6 nitrogen and oxygen atoms in total. The van der Waals surface area contributed by atoms with Crippen LogP contribution in [-0.2, 0) is 6.18 Å². The summed E-state index contributed by atoms with van der Waals surface area (Å²) in [5.41, 5.74) is 6.78. The van der Waals surface area contributed by atoms with Gasteiger partial charge in [-0.1, -0.05) is 6.07 Å². The third-order valence-electron chi connectivity index (χ3n) is 5.90. The predicted molar refractivity (Wildman–Crippen MR) is 122 cm³/mol. The fourth-order valence-electron chi connectivity index (χ4n) is 4.00. The molecule has 0 atom stereocenters. The van der Waals surface area contributed by atoms with Gasteiger partial charge >= 0.3 is 6.18 Å². The molecule has 3 rings (SSSR count). The van der Waals surface area contributed by atoms with Crippen LogP contribution in [0.15, 0.2) is 36.4 Å². The number of benzene rings is 2. The van der Waals surface area contributed by atoms with E-state index in [1.54, 1.807) is 18.2 Å². The summed E-state index contributed by atoms with van der Waals surface area (Å²) < 4.78 is 49.3. The average molecular weight is 466 g/mol. The maximum atomic E-state index is 13.0. The Labute approximate surface area is 192 Å². The Kier molecular flexibility index (Phi) is 8.07. The van der Waals surface area contributed by atoms with Crippen LogP contribution in [0.5, 0.6) is 11.5 Å². The Hall–Kier alpha value is -2.94. The van der Waals surface area contributed by atoms with Crippen LogP contribution < -0.4 is 20.1 Å². The second-order valence-corrected chi connectivity index (χ2v) is 8.05. The molecule has 1 fully saturated rings. The molecule has 0 aliphatic carbocycles. The normalized spacial score (nSPS) is 14.9. The molecule has 2 aromatic carbocycles. The van der Waals surface area contributed by atoms with Gasteiger partial charge in [-0.05, 0) is 43.7 Å². The monoisotopic (exact) mass is 465 g/mol. The number of halogens is 3. The zero-order chi connectivity index (χ0) is 24.0. The zero-order valence-corrected chi connectivity index (χ0v) is 19.0. The number of rotatable bonds is 9. The first-order valence-electron chi connectivity index (χ1n) is 10.9. The van der Waals surface area contributed by atoms with Gasteiger partial charge in [0.2, 0.25) is 0 Å². The highest BCUT2D eigenvalue weighted by atomic mass is 19.4. The van der Waals surface area contributed by atoms with Gasteiger partial charge in [-0.15, -0.1) is 0 Å². The summed E-state index contributed by atoms with van der Waals surface area (Å²) in [7, 11) is 3.02. The number of anilines is 2. The lowest BCUT2D eigenvalue weighted by molar-refractivity contribution is -0.137. The second kappa shape index (κ2) is 10.8. The number of alkyl halides is 3. The van der Waals surface area contributed by atoms with Crippen molar-refractivity contribution in [1.29, 1.82) is 0 Å². The average Bonchev–Trinajstić information content (AvgIpc) is 2.81. The second-order valence-electron chi connectivity index (χ2n) is 8.05. The molecule has 0 bridgehead atoms. The van der Waals surface area contributed by atoms with Crippen molar-refractivity contribution in [1.82, 2.24) is 4.90 Å². The summed E-state index contributed by atoms with van der Waals surface area (Å²) in [5.74, 6) is 0.910. The van der Waals surface area contributed by atoms with Crippen LogP contribution in [0.2, 0.25) is 0 Å². The minimum Gasteiger partial charge on any atom is -0.493 e. The topological polar surface area (TPSA) is 68.0 Å². The number of Topliss-reactive ketones (excluding diaryl/α,β-unsaturated/α-hetero) is 1. The molecule has 0 saturated carbocycles. The summed E-state index contributed by atoms with van der Waals surface area (Å²) in [4.78, 5) is 16.9. The largest absolute Gasteiger partial charge is 0.493 e. The minimum atomic E-state index is -4.34. The van der Waals surface area contributed by atoms with Crippen molar-refractivity contribution in [3.63, 3.8) is 0 Å². The van der Waals surface area contributed by atoms with E-state index >= 15 is 0 Å². The lowest BCUT2D eigenvalue weighted by atomic mass is 10.0. The van der Waals surface area contributed by atoms with Gasteiger partial charge in [-0.3, -0.25) is 9.69 Å². The molecular formula is C24H30F3N3O3. The molecule has 0 spiro atoms. The number of nitrogen functional groups attached to an aromatic ring is 1. The summed E-state index contributed by atoms with van der Waals surface area (Å²) in [5, 5.41) is 0. The molecule has 0 radical (unpaired) electrons. The van der Waals surface area contributed by atoms with Gasteiger partial charge in [0.05, 0.1) is 19.8 Å². The van der Waals surface area contributed by atoms with E-state index < -0.39 is 11.7 Å². The number of methoxy groups -OCH3 is 2. The van der Waals surface area contributed by atoms with Gasteiger partial charge in [0.15, 0.2) is 17.3 Å². The SMILES string of the molecule is COc1cc(N)c(C(=O)CCCCN2CCN(c3cccc(C(F)(F)F)c3)CC2)cc1OC. The van der Waals surface area contributed by atoms with E-state index in [1.165, 1.54) is 26.4 Å². The summed E-state index contributed by atoms with van der Waals surface area (Å²) in [6.07, 6.45) is -2.39. The van der Waals surface area contributed by atoms with Crippen molar-refractivity contribution < 1.29 is 27.4 Å². The number of ether oxygens (including phenoxy) is 2. The van der Waals surface area contributed by atoms with Gasteiger partial charge < -0.3 is 20.1 Å². The number of ketones is 1. The number of piperazine rings is 1. The molecule has 2 N–H and O–H groups in total. The summed E-state index contributed by atoms with van der Waals surface area (Å²) >= 11 is 0. The van der Waals surface area contributed by atoms with E-state index in [9.17, 15) is 18.0 Å². The molecule has 9 heteroatoms. The Balaban J connectivity index is 1.44. The lowest BCUT2D eigenvalue weighted by Crippen LogP contribution is -2.46. The predicted octanol–water partition coefficient (Wildman–Crippen LogP) is 4.48. The number of carbonyl (C=O) groups is 1. The lowest BCUT2D eigenvalue weighted by Gasteiger charge is -2.36. The molecule has 180 valence electrons. The van der Waals surface area contributed by atoms with E-state index in [0.29, 0.717) is 47.9 Å². The first kappa shape index (κ1) is 24.7. The van der Waals surface area contributed by atoms with Gasteiger partial charge in [0.25, 0.3) is 0 Å². The number of hydrogen-bond donors (Lipinski definition) is 1. The van der Waals surface area contributed by atoms with Gasteiger partial charge in [0, 0.05) is 55.6 Å². The van der Waals surface area contributed by atoms with Gasteiger partial charge in [-0.25, -0.2) is 0 Å². The number of unbranched alkanes of at least 4 members (excludes halogenated alkanes) is 1. The van der Waals surface area contributed by atoms with Crippen LogP contribution in [0.3, 0.4) is 0 Å². The molecule has 2 aromatic rings. The van der Waals surface area contributed by atoms with Crippen LogP contribution >= 0.6 is 0 Å². The Morgan fingerprint density at radius 1 is 1.00 bits per heavy atom. The van der Waals surface area contributed by atoms with Crippen LogP contribution in [-0.4, -0.2) is 57.6 Å². The number of hydrogen-bond acceptors (Lipinski definition) is 6. The Morgan fingerprint density at radius 2 is 1.67 bits per heavy atom. The third kappa shape index (κ3) is 6.31. The van der Waals surface area contributed by atoms with Crippen LogP contribution in [0.4, 0.5) is 24.5 Å². The van der Waals surface area contributed by atoms with Crippen molar-refractivity contribution in [2.24, 2.45) is 0 Å². The van der Waals surface area contributed by atoms with Crippen LogP contribution in [0.1, 0.15) is 35.2 Å². The quantitative estimate of drug-likeness (QED) is 0.335. The molecule has 1 heterocycles. The number of carbonyl (C=O) groups excluding carboxylic acids is 1. The Bertz CT molecular complexity index is 958. The molecule has 1 aliphatic heterocycles. The first-order chi connectivity index (χ1) is 15.7. The molecule has 0 unspecified atom stereocenters. The van der Waals surface area contributed by atoms with E-state index in [4.69, 9.17) is 15.2 Å². The third-order valence-corrected chi connectivity index (χ3v) is 5.90. The van der Waals surface area contributed by atoms with E-state index in [0.717, 1.165) is 38.5 Å². The van der Waals surface area contributed by atoms with Crippen LogP contribution in [0.25, 0.3) is 0 Å². The summed E-state index contributed by atoms with van der Waals surface area (Å²) in [6, 6.07) is 8.68. The standard InChI is InChI=1S/C24H30F3N3O3/c1-32-22-15-19(20(28)16-23(22)33-2)21(31)8-3-4-9-29-10-12-30(13-11-29)18-7-5-6-17(14-18)24(25,26)27/h5-7,14-16H,3-4,8-13,28H2,1-2H3. The van der Waals surface area contributed by atoms with Crippen molar-refractivity contribution in [3.8, 4) is 11.5 Å². The zero-order valence-electron chi connectivity index (χ0n) is 19.0. The van der Waals surface area contributed by atoms with Gasteiger partial charge in [-0.2, -0.15) is 13.2 Å². The van der Waals surface area contributed by atoms with Crippen molar-refractivity contribution in [2.45, 2.75) is 25.4 Å². The van der Waals surface area contributed by atoms with Crippen molar-refractivity contribution in [2.75, 3.05) is 57.6 Å². The fraction of sp³-hybridized carbons (Fsp3) is 0.458. The molecule has 1 saturated heterocycles. The highest BCUT2D eigenvalue weighted by molar-refractivity contribution is 6.01. The Morgan fingerprint density at radius 3 is 2.30 bits per heavy atom. The maximum Gasteiger partial charge on any atom is 0.416 e. The molecule has 0 amide bonds. The molecule has 33 heavy (non-hydrogen) atoms. The molecule has 0 aromatic heterocycles. The highest BCUT2D eigenvalue weighted by Gasteiger charge is 2.31. The van der Waals surface area contributed by atoms with Gasteiger partial charge in [0.1, 0.15) is 0 Å². The first-order valence-corrected chi connectivity index (χ1v) is 10.9. The highest BCUT2D eigenvalue weighted by Crippen LogP contribution is 2.33. The maximum absolute atomic E-state index is 13.0. The van der Waals surface area contributed by atoms with E-state index in [1.807, 2.05) is 4.90 Å². The van der Waals surface area contributed by atoms with Crippen molar-refractivity contribution in [3.05, 3.63) is 47.5 Å². The fourth-order valence-corrected chi connectivity index (χ4v) is 4.00.